The molecule has 1 aliphatic heterocycles. The molecule has 3 rings (SSSR count). The fourth-order valence-corrected chi connectivity index (χ4v) is 2.46. The number of nitrogens with zero attached hydrogens (tertiary/aromatic N) is 3. The molecule has 3 heterocycles. The van der Waals surface area contributed by atoms with Crippen LogP contribution in [0.2, 0.25) is 0 Å². The number of hydrogen-bond donors (Lipinski definition) is 2. The molecule has 1 fully saturated rings. The topological polar surface area (TPSA) is 54.2 Å². The van der Waals surface area contributed by atoms with Gasteiger partial charge < -0.3 is 10.6 Å². The van der Waals surface area contributed by atoms with Crippen molar-refractivity contribution in [2.24, 2.45) is 5.92 Å². The zero-order chi connectivity index (χ0) is 12.2. The molecule has 0 spiro atoms. The monoisotopic (exact) mass is 245 g/mol. The average Bonchev–Trinajstić information content (AvgIpc) is 2.82. The summed E-state index contributed by atoms with van der Waals surface area (Å²) >= 11 is 0. The van der Waals surface area contributed by atoms with E-state index in [1.165, 1.54) is 25.8 Å². The van der Waals surface area contributed by atoms with Crippen molar-refractivity contribution in [3.8, 4) is 0 Å². The summed E-state index contributed by atoms with van der Waals surface area (Å²) < 4.78 is 1.80. The second-order valence-corrected chi connectivity index (χ2v) is 4.87. The zero-order valence-electron chi connectivity index (χ0n) is 10.5. The summed E-state index contributed by atoms with van der Waals surface area (Å²) in [6, 6.07) is 5.89. The molecule has 1 aliphatic rings. The van der Waals surface area contributed by atoms with Gasteiger partial charge in [-0.05, 0) is 50.4 Å². The van der Waals surface area contributed by atoms with Crippen LogP contribution in [0.1, 0.15) is 19.3 Å². The van der Waals surface area contributed by atoms with E-state index in [9.17, 15) is 0 Å². The molecule has 1 saturated heterocycles. The van der Waals surface area contributed by atoms with Crippen LogP contribution < -0.4 is 10.6 Å². The minimum atomic E-state index is 0.727. The Morgan fingerprint density at radius 3 is 3.28 bits per heavy atom. The Hall–Kier alpha value is -1.62. The Kier molecular flexibility index (Phi) is 3.41. The maximum atomic E-state index is 4.42. The molecule has 5 nitrogen and oxygen atoms in total. The Bertz CT molecular complexity index is 468. The molecule has 2 aromatic heterocycles. The lowest BCUT2D eigenvalue weighted by Gasteiger charge is -2.22. The van der Waals surface area contributed by atoms with Crippen LogP contribution in [-0.2, 0) is 0 Å². The van der Waals surface area contributed by atoms with E-state index in [1.54, 1.807) is 4.52 Å². The first kappa shape index (κ1) is 11.5. The van der Waals surface area contributed by atoms with Crippen LogP contribution in [0.5, 0.6) is 0 Å². The molecule has 0 aliphatic carbocycles. The second kappa shape index (κ2) is 5.35. The predicted octanol–water partition coefficient (Wildman–Crippen LogP) is 1.53. The van der Waals surface area contributed by atoms with E-state index in [0.29, 0.717) is 0 Å². The van der Waals surface area contributed by atoms with Gasteiger partial charge in [-0.2, -0.15) is 4.98 Å². The number of anilines is 1. The van der Waals surface area contributed by atoms with Crippen molar-refractivity contribution in [2.45, 2.75) is 19.3 Å². The van der Waals surface area contributed by atoms with Crippen LogP contribution in [0.4, 0.5) is 5.95 Å². The summed E-state index contributed by atoms with van der Waals surface area (Å²) in [5, 5.41) is 11.1. The number of piperidine rings is 1. The maximum Gasteiger partial charge on any atom is 0.243 e. The highest BCUT2D eigenvalue weighted by Crippen LogP contribution is 2.14. The van der Waals surface area contributed by atoms with E-state index in [4.69, 9.17) is 0 Å². The number of aromatic nitrogens is 3. The van der Waals surface area contributed by atoms with E-state index < -0.39 is 0 Å². The van der Waals surface area contributed by atoms with Crippen molar-refractivity contribution >= 4 is 11.6 Å². The summed E-state index contributed by atoms with van der Waals surface area (Å²) in [5.74, 6) is 1.52. The van der Waals surface area contributed by atoms with Crippen molar-refractivity contribution in [3.63, 3.8) is 0 Å². The third kappa shape index (κ3) is 2.61. The van der Waals surface area contributed by atoms with Crippen LogP contribution >= 0.6 is 0 Å². The number of nitrogens with one attached hydrogen (secondary N) is 2. The maximum absolute atomic E-state index is 4.42. The van der Waals surface area contributed by atoms with Gasteiger partial charge in [0.15, 0.2) is 5.65 Å². The van der Waals surface area contributed by atoms with E-state index in [0.717, 1.165) is 30.6 Å². The average molecular weight is 245 g/mol. The first-order valence-corrected chi connectivity index (χ1v) is 6.68. The van der Waals surface area contributed by atoms with Gasteiger partial charge >= 0.3 is 0 Å². The third-order valence-corrected chi connectivity index (χ3v) is 3.48. The molecule has 2 N–H and O–H groups in total. The van der Waals surface area contributed by atoms with E-state index in [-0.39, 0.29) is 0 Å². The van der Waals surface area contributed by atoms with Gasteiger partial charge in [-0.3, -0.25) is 0 Å². The van der Waals surface area contributed by atoms with Crippen molar-refractivity contribution in [2.75, 3.05) is 25.0 Å². The quantitative estimate of drug-likeness (QED) is 0.857. The van der Waals surface area contributed by atoms with Gasteiger partial charge in [0, 0.05) is 12.7 Å². The normalized spacial score (nSPS) is 20.1. The van der Waals surface area contributed by atoms with Crippen LogP contribution in [0, 0.1) is 5.92 Å². The summed E-state index contributed by atoms with van der Waals surface area (Å²) in [6.07, 6.45) is 5.74. The molecule has 0 radical (unpaired) electrons. The summed E-state index contributed by atoms with van der Waals surface area (Å²) in [6.45, 7) is 3.28. The molecule has 0 amide bonds. The van der Waals surface area contributed by atoms with Crippen molar-refractivity contribution in [1.82, 2.24) is 19.9 Å². The SMILES string of the molecule is c1ccn2nc(NCCC3CCCNC3)nc2c1. The summed E-state index contributed by atoms with van der Waals surface area (Å²) in [5.41, 5.74) is 0.888. The molecular weight excluding hydrogens is 226 g/mol. The molecule has 1 unspecified atom stereocenters. The lowest BCUT2D eigenvalue weighted by atomic mass is 9.96. The van der Waals surface area contributed by atoms with Crippen LogP contribution in [0.3, 0.4) is 0 Å². The van der Waals surface area contributed by atoms with Gasteiger partial charge in [0.1, 0.15) is 0 Å². The molecule has 18 heavy (non-hydrogen) atoms. The van der Waals surface area contributed by atoms with Gasteiger partial charge in [-0.1, -0.05) is 6.07 Å². The molecule has 1 atom stereocenters. The second-order valence-electron chi connectivity index (χ2n) is 4.87. The number of pyridine rings is 1. The first-order valence-electron chi connectivity index (χ1n) is 6.68. The number of hydrogen-bond acceptors (Lipinski definition) is 4. The lowest BCUT2D eigenvalue weighted by Crippen LogP contribution is -2.30. The largest absolute Gasteiger partial charge is 0.353 e. The molecule has 96 valence electrons. The fourth-order valence-electron chi connectivity index (χ4n) is 2.46. The molecule has 2 aromatic rings. The van der Waals surface area contributed by atoms with Crippen LogP contribution in [0.25, 0.3) is 5.65 Å². The summed E-state index contributed by atoms with van der Waals surface area (Å²) in [4.78, 5) is 4.42. The molecular formula is C13H19N5. The van der Waals surface area contributed by atoms with E-state index in [1.807, 2.05) is 24.4 Å². The van der Waals surface area contributed by atoms with Gasteiger partial charge in [-0.15, -0.1) is 5.10 Å². The van der Waals surface area contributed by atoms with Gasteiger partial charge in [0.05, 0.1) is 0 Å². The molecule has 5 heteroatoms. The molecule has 0 aromatic carbocycles. The number of fused-ring (bicyclic) bond motifs is 1. The Morgan fingerprint density at radius 2 is 2.44 bits per heavy atom. The lowest BCUT2D eigenvalue weighted by molar-refractivity contribution is 0.364. The zero-order valence-corrected chi connectivity index (χ0v) is 10.5. The minimum Gasteiger partial charge on any atom is -0.353 e. The predicted molar refractivity (Wildman–Crippen MR) is 71.7 cm³/mol. The van der Waals surface area contributed by atoms with Crippen molar-refractivity contribution in [3.05, 3.63) is 24.4 Å². The Labute approximate surface area is 107 Å². The van der Waals surface area contributed by atoms with E-state index >= 15 is 0 Å². The highest BCUT2D eigenvalue weighted by Gasteiger charge is 2.12. The highest BCUT2D eigenvalue weighted by atomic mass is 15.3. The van der Waals surface area contributed by atoms with Gasteiger partial charge in [0.25, 0.3) is 0 Å². The van der Waals surface area contributed by atoms with Crippen molar-refractivity contribution in [1.29, 1.82) is 0 Å². The molecule has 0 bridgehead atoms. The van der Waals surface area contributed by atoms with Gasteiger partial charge in [-0.25, -0.2) is 4.52 Å². The standard InChI is InChI=1S/C13H19N5/c1-2-9-18-12(5-1)16-13(17-18)15-8-6-11-4-3-7-14-10-11/h1-2,5,9,11,14H,3-4,6-8,10H2,(H,15,17). The molecule has 0 saturated carbocycles. The Morgan fingerprint density at radius 1 is 1.44 bits per heavy atom. The fraction of sp³-hybridized carbons (Fsp3) is 0.538. The van der Waals surface area contributed by atoms with Crippen LogP contribution in [0.15, 0.2) is 24.4 Å². The number of rotatable bonds is 4. The highest BCUT2D eigenvalue weighted by molar-refractivity contribution is 5.42. The van der Waals surface area contributed by atoms with Gasteiger partial charge in [0.2, 0.25) is 5.95 Å². The minimum absolute atomic E-state index is 0.727. The smallest absolute Gasteiger partial charge is 0.243 e. The third-order valence-electron chi connectivity index (χ3n) is 3.48. The Balaban J connectivity index is 1.53. The summed E-state index contributed by atoms with van der Waals surface area (Å²) in [7, 11) is 0. The first-order chi connectivity index (χ1) is 8.92. The van der Waals surface area contributed by atoms with Crippen molar-refractivity contribution < 1.29 is 0 Å². The van der Waals surface area contributed by atoms with Crippen LogP contribution in [-0.4, -0.2) is 34.2 Å². The van der Waals surface area contributed by atoms with E-state index in [2.05, 4.69) is 20.7 Å².